The van der Waals surface area contributed by atoms with Gasteiger partial charge in [0, 0.05) is 6.54 Å². The Kier molecular flexibility index (Phi) is 2.78. The standard InChI is InChI=1S/C12H12F2N2/c13-9-2-3-10(14)11(6-9)16-8-12(7-15)4-1-5-12/h2-3,6,16H,1,4-5,8H2. The van der Waals surface area contributed by atoms with Crippen LogP contribution in [0, 0.1) is 28.4 Å². The van der Waals surface area contributed by atoms with Crippen LogP contribution in [-0.2, 0) is 0 Å². The highest BCUT2D eigenvalue weighted by molar-refractivity contribution is 5.45. The first kappa shape index (κ1) is 10.9. The lowest BCUT2D eigenvalue weighted by atomic mass is 9.70. The van der Waals surface area contributed by atoms with Gasteiger partial charge in [0.25, 0.3) is 0 Å². The zero-order valence-electron chi connectivity index (χ0n) is 8.76. The highest BCUT2D eigenvalue weighted by Gasteiger charge is 2.37. The van der Waals surface area contributed by atoms with Crippen LogP contribution < -0.4 is 5.32 Å². The number of hydrogen-bond acceptors (Lipinski definition) is 2. The van der Waals surface area contributed by atoms with Crippen LogP contribution in [0.15, 0.2) is 18.2 Å². The first-order valence-corrected chi connectivity index (χ1v) is 5.25. The molecule has 84 valence electrons. The molecule has 0 atom stereocenters. The van der Waals surface area contributed by atoms with E-state index in [-0.39, 0.29) is 5.69 Å². The Labute approximate surface area is 92.9 Å². The summed E-state index contributed by atoms with van der Waals surface area (Å²) in [4.78, 5) is 0. The smallest absolute Gasteiger partial charge is 0.146 e. The first-order valence-electron chi connectivity index (χ1n) is 5.25. The molecule has 0 unspecified atom stereocenters. The maximum absolute atomic E-state index is 13.3. The molecule has 1 aromatic carbocycles. The summed E-state index contributed by atoms with van der Waals surface area (Å²) in [7, 11) is 0. The second kappa shape index (κ2) is 4.09. The van der Waals surface area contributed by atoms with Crippen molar-refractivity contribution in [2.75, 3.05) is 11.9 Å². The average Bonchev–Trinajstić information content (AvgIpc) is 2.22. The van der Waals surface area contributed by atoms with E-state index in [1.165, 1.54) is 0 Å². The van der Waals surface area contributed by atoms with Crippen molar-refractivity contribution >= 4 is 5.69 Å². The van der Waals surface area contributed by atoms with Gasteiger partial charge in [0.15, 0.2) is 0 Å². The number of hydrogen-bond donors (Lipinski definition) is 1. The minimum Gasteiger partial charge on any atom is -0.381 e. The molecule has 0 saturated heterocycles. The van der Waals surface area contributed by atoms with Gasteiger partial charge in [-0.3, -0.25) is 0 Å². The molecule has 0 aliphatic heterocycles. The van der Waals surface area contributed by atoms with Gasteiger partial charge in [0.1, 0.15) is 11.6 Å². The molecule has 0 bridgehead atoms. The van der Waals surface area contributed by atoms with Crippen molar-refractivity contribution in [3.05, 3.63) is 29.8 Å². The summed E-state index contributed by atoms with van der Waals surface area (Å²) in [5.41, 5.74) is -0.264. The van der Waals surface area contributed by atoms with Gasteiger partial charge in [-0.1, -0.05) is 6.42 Å². The Balaban J connectivity index is 2.05. The SMILES string of the molecule is N#CC1(CNc2cc(F)ccc2F)CCC1. The number of rotatable bonds is 3. The third kappa shape index (κ3) is 1.99. The van der Waals surface area contributed by atoms with Crippen LogP contribution in [0.3, 0.4) is 0 Å². The van der Waals surface area contributed by atoms with Crippen LogP contribution in [0.25, 0.3) is 0 Å². The molecule has 1 aliphatic carbocycles. The average molecular weight is 222 g/mol. The zero-order valence-corrected chi connectivity index (χ0v) is 8.76. The first-order chi connectivity index (χ1) is 7.65. The third-order valence-electron chi connectivity index (χ3n) is 3.09. The minimum absolute atomic E-state index is 0.126. The highest BCUT2D eigenvalue weighted by atomic mass is 19.1. The molecule has 1 N–H and O–H groups in total. The lowest BCUT2D eigenvalue weighted by Gasteiger charge is -2.35. The lowest BCUT2D eigenvalue weighted by molar-refractivity contribution is 0.233. The van der Waals surface area contributed by atoms with Crippen molar-refractivity contribution in [3.8, 4) is 6.07 Å². The summed E-state index contributed by atoms with van der Waals surface area (Å²) < 4.78 is 26.1. The Morgan fingerprint density at radius 2 is 2.12 bits per heavy atom. The summed E-state index contributed by atoms with van der Waals surface area (Å²) in [6.07, 6.45) is 2.68. The molecule has 16 heavy (non-hydrogen) atoms. The van der Waals surface area contributed by atoms with Crippen LogP contribution in [0.4, 0.5) is 14.5 Å². The van der Waals surface area contributed by atoms with E-state index in [2.05, 4.69) is 11.4 Å². The number of nitriles is 1. The van der Waals surface area contributed by atoms with Crippen LogP contribution >= 0.6 is 0 Å². The summed E-state index contributed by atoms with van der Waals surface area (Å²) >= 11 is 0. The fourth-order valence-electron chi connectivity index (χ4n) is 1.83. The number of nitrogens with one attached hydrogen (secondary N) is 1. The van der Waals surface area contributed by atoms with Gasteiger partial charge in [-0.05, 0) is 31.0 Å². The van der Waals surface area contributed by atoms with Crippen molar-refractivity contribution in [2.24, 2.45) is 5.41 Å². The number of anilines is 1. The van der Waals surface area contributed by atoms with Gasteiger partial charge in [0.05, 0.1) is 17.2 Å². The predicted molar refractivity (Wildman–Crippen MR) is 56.7 cm³/mol. The van der Waals surface area contributed by atoms with Crippen LogP contribution in [0.2, 0.25) is 0 Å². The molecule has 1 aliphatic rings. The number of benzene rings is 1. The highest BCUT2D eigenvalue weighted by Crippen LogP contribution is 2.40. The summed E-state index contributed by atoms with van der Waals surface area (Å²) in [5, 5.41) is 11.8. The molecule has 0 aromatic heterocycles. The van der Waals surface area contributed by atoms with E-state index >= 15 is 0 Å². The predicted octanol–water partition coefficient (Wildman–Crippen LogP) is 3.07. The zero-order chi connectivity index (χ0) is 11.6. The molecular weight excluding hydrogens is 210 g/mol. The lowest BCUT2D eigenvalue weighted by Crippen LogP contribution is -2.35. The molecule has 0 heterocycles. The fraction of sp³-hybridized carbons (Fsp3) is 0.417. The van der Waals surface area contributed by atoms with Gasteiger partial charge in [-0.15, -0.1) is 0 Å². The summed E-state index contributed by atoms with van der Waals surface area (Å²) in [5.74, 6) is -0.975. The van der Waals surface area contributed by atoms with E-state index < -0.39 is 17.0 Å². The molecule has 2 nitrogen and oxygen atoms in total. The molecule has 0 radical (unpaired) electrons. The van der Waals surface area contributed by atoms with Crippen molar-refractivity contribution in [1.29, 1.82) is 5.26 Å². The second-order valence-corrected chi connectivity index (χ2v) is 4.22. The maximum Gasteiger partial charge on any atom is 0.146 e. The van der Waals surface area contributed by atoms with Crippen molar-refractivity contribution in [2.45, 2.75) is 19.3 Å². The molecule has 0 spiro atoms. The fourth-order valence-corrected chi connectivity index (χ4v) is 1.83. The van der Waals surface area contributed by atoms with Gasteiger partial charge in [-0.2, -0.15) is 5.26 Å². The van der Waals surface area contributed by atoms with E-state index in [9.17, 15) is 8.78 Å². The van der Waals surface area contributed by atoms with Gasteiger partial charge in [-0.25, -0.2) is 8.78 Å². The molecule has 2 rings (SSSR count). The van der Waals surface area contributed by atoms with Crippen LogP contribution in [0.5, 0.6) is 0 Å². The van der Waals surface area contributed by atoms with Crippen LogP contribution in [-0.4, -0.2) is 6.54 Å². The molecule has 1 aromatic rings. The molecular formula is C12H12F2N2. The quantitative estimate of drug-likeness (QED) is 0.853. The molecule has 1 saturated carbocycles. The van der Waals surface area contributed by atoms with E-state index in [1.54, 1.807) is 0 Å². The van der Waals surface area contributed by atoms with E-state index in [4.69, 9.17) is 5.26 Å². The summed E-state index contributed by atoms with van der Waals surface area (Å²) in [6, 6.07) is 5.50. The molecule has 0 amide bonds. The Morgan fingerprint density at radius 3 is 2.69 bits per heavy atom. The van der Waals surface area contributed by atoms with E-state index in [0.717, 1.165) is 37.5 Å². The topological polar surface area (TPSA) is 35.8 Å². The van der Waals surface area contributed by atoms with Crippen molar-refractivity contribution in [3.63, 3.8) is 0 Å². The molecule has 1 fully saturated rings. The van der Waals surface area contributed by atoms with Crippen molar-refractivity contribution < 1.29 is 8.78 Å². The monoisotopic (exact) mass is 222 g/mol. The van der Waals surface area contributed by atoms with Crippen LogP contribution in [0.1, 0.15) is 19.3 Å². The minimum atomic E-state index is -0.492. The van der Waals surface area contributed by atoms with Gasteiger partial charge < -0.3 is 5.32 Å². The second-order valence-electron chi connectivity index (χ2n) is 4.22. The maximum atomic E-state index is 13.3. The summed E-state index contributed by atoms with van der Waals surface area (Å²) in [6.45, 7) is 0.379. The molecule has 4 heteroatoms. The largest absolute Gasteiger partial charge is 0.381 e. The normalized spacial score (nSPS) is 17.3. The van der Waals surface area contributed by atoms with Crippen molar-refractivity contribution in [1.82, 2.24) is 0 Å². The Hall–Kier alpha value is -1.63. The van der Waals surface area contributed by atoms with Gasteiger partial charge in [0.2, 0.25) is 0 Å². The number of halogens is 2. The Bertz CT molecular complexity index is 433. The number of nitrogens with zero attached hydrogens (tertiary/aromatic N) is 1. The Morgan fingerprint density at radius 1 is 1.38 bits per heavy atom. The van der Waals surface area contributed by atoms with Gasteiger partial charge >= 0.3 is 0 Å². The van der Waals surface area contributed by atoms with E-state index in [0.29, 0.717) is 6.54 Å². The third-order valence-corrected chi connectivity index (χ3v) is 3.09. The van der Waals surface area contributed by atoms with E-state index in [1.807, 2.05) is 0 Å².